The molecule has 1 aromatic heterocycles. The maximum Gasteiger partial charge on any atom is 0.337 e. The van der Waals surface area contributed by atoms with E-state index in [1.54, 1.807) is 6.26 Å². The van der Waals surface area contributed by atoms with Gasteiger partial charge < -0.3 is 19.4 Å². The first kappa shape index (κ1) is 24.5. The summed E-state index contributed by atoms with van der Waals surface area (Å²) < 4.78 is 10.8. The fourth-order valence-corrected chi connectivity index (χ4v) is 7.30. The molecule has 0 radical (unpaired) electrons. The number of benzene rings is 2. The molecule has 0 amide bonds. The van der Waals surface area contributed by atoms with Crippen molar-refractivity contribution < 1.29 is 14.3 Å². The first-order chi connectivity index (χ1) is 19.1. The van der Waals surface area contributed by atoms with Crippen molar-refractivity contribution in [1.29, 1.82) is 0 Å². The van der Waals surface area contributed by atoms with Gasteiger partial charge in [-0.05, 0) is 49.4 Å². The van der Waals surface area contributed by atoms with Crippen molar-refractivity contribution in [2.45, 2.75) is 51.3 Å². The summed E-state index contributed by atoms with van der Waals surface area (Å²) in [7, 11) is 1.45. The number of aliphatic imine (C=N–C) groups is 1. The standard InChI is InChI=1S/C21H24N2O3.C11H12N2/c1-12-16-10-23-8-7-14-13-5-3-4-6-18(13)22-20(14)19(23)9-15(16)17(11-26-12)21(24)25-2;1-2-5-10-9(4-1)8-13-7-3-6-11(13)12-10/h3-6,11-12,15-16,19,22H,7-10H2,1-2H3;1-2,4-5H,3,6-8H2/t12-,15-,16+,19-;/m0./s1. The van der Waals surface area contributed by atoms with Crippen LogP contribution in [-0.2, 0) is 27.2 Å². The van der Waals surface area contributed by atoms with Crippen molar-refractivity contribution in [3.63, 3.8) is 0 Å². The minimum Gasteiger partial charge on any atom is -0.497 e. The van der Waals surface area contributed by atoms with E-state index in [1.165, 1.54) is 59.3 Å². The van der Waals surface area contributed by atoms with E-state index in [4.69, 9.17) is 9.47 Å². The van der Waals surface area contributed by atoms with Gasteiger partial charge in [0.1, 0.15) is 5.84 Å². The van der Waals surface area contributed by atoms with Gasteiger partial charge in [-0.3, -0.25) is 4.90 Å². The maximum atomic E-state index is 12.3. The number of ether oxygens (including phenoxy) is 2. The summed E-state index contributed by atoms with van der Waals surface area (Å²) in [5, 5.41) is 1.34. The van der Waals surface area contributed by atoms with E-state index >= 15 is 0 Å². The Kier molecular flexibility index (Phi) is 6.19. The number of carbonyl (C=O) groups is 1. The number of H-pyrrole nitrogens is 1. The molecule has 7 nitrogen and oxygen atoms in total. The summed E-state index contributed by atoms with van der Waals surface area (Å²) >= 11 is 0. The van der Waals surface area contributed by atoms with Crippen LogP contribution in [0.4, 0.5) is 5.69 Å². The summed E-state index contributed by atoms with van der Waals surface area (Å²) in [5.41, 5.74) is 7.23. The molecule has 0 aliphatic carbocycles. The summed E-state index contributed by atoms with van der Waals surface area (Å²) in [6.45, 7) is 6.38. The number of hydrogen-bond acceptors (Lipinski definition) is 6. The van der Waals surface area contributed by atoms with E-state index in [-0.39, 0.29) is 18.0 Å². The Morgan fingerprint density at radius 2 is 1.95 bits per heavy atom. The van der Waals surface area contributed by atoms with Crippen LogP contribution in [0.2, 0.25) is 0 Å². The summed E-state index contributed by atoms with van der Waals surface area (Å²) in [5.74, 6) is 1.55. The van der Waals surface area contributed by atoms with E-state index in [0.29, 0.717) is 17.5 Å². The Bertz CT molecular complexity index is 1470. The van der Waals surface area contributed by atoms with Crippen LogP contribution in [0.3, 0.4) is 0 Å². The first-order valence-electron chi connectivity index (χ1n) is 14.3. The third kappa shape index (κ3) is 4.24. The zero-order valence-corrected chi connectivity index (χ0v) is 22.7. The highest BCUT2D eigenvalue weighted by atomic mass is 16.5. The van der Waals surface area contributed by atoms with Crippen molar-refractivity contribution in [3.8, 4) is 0 Å². The van der Waals surface area contributed by atoms with Crippen LogP contribution in [0.25, 0.3) is 10.9 Å². The molecule has 5 aliphatic heterocycles. The lowest BCUT2D eigenvalue weighted by Crippen LogP contribution is -2.51. The molecule has 5 aliphatic rings. The second-order valence-corrected chi connectivity index (χ2v) is 11.4. The summed E-state index contributed by atoms with van der Waals surface area (Å²) in [4.78, 5) is 25.6. The van der Waals surface area contributed by atoms with E-state index in [1.807, 2.05) is 0 Å². The fraction of sp³-hybridized carbons (Fsp3) is 0.438. The Morgan fingerprint density at radius 3 is 2.85 bits per heavy atom. The third-order valence-corrected chi connectivity index (χ3v) is 9.34. The highest BCUT2D eigenvalue weighted by Gasteiger charge is 2.46. The minimum absolute atomic E-state index is 0.124. The number of nitrogens with one attached hydrogen (secondary N) is 1. The van der Waals surface area contributed by atoms with Gasteiger partial charge in [-0.15, -0.1) is 0 Å². The number of aromatic amines is 1. The van der Waals surface area contributed by atoms with Crippen molar-refractivity contribution in [2.24, 2.45) is 16.8 Å². The SMILES string of the molecule is COC(=O)C1=CO[C@@H](C)[C@H]2CN3CCc4c([nH]c5ccccc45)[C@@H]3C[C@H]12.c1ccc2c(c1)CN1CCCC1=N2. The molecule has 2 aromatic carbocycles. The molecule has 7 heteroatoms. The van der Waals surface area contributed by atoms with E-state index in [9.17, 15) is 4.79 Å². The molecule has 6 heterocycles. The number of aromatic nitrogens is 1. The molecular weight excluding hydrogens is 488 g/mol. The maximum absolute atomic E-state index is 12.3. The second-order valence-electron chi connectivity index (χ2n) is 11.4. The molecule has 0 saturated carbocycles. The highest BCUT2D eigenvalue weighted by molar-refractivity contribution is 5.89. The number of para-hydroxylation sites is 2. The van der Waals surface area contributed by atoms with Gasteiger partial charge in [0.15, 0.2) is 0 Å². The minimum atomic E-state index is -0.256. The molecule has 4 atom stereocenters. The molecule has 2 fully saturated rings. The van der Waals surface area contributed by atoms with Crippen LogP contribution in [0.15, 0.2) is 65.4 Å². The van der Waals surface area contributed by atoms with Gasteiger partial charge in [0.2, 0.25) is 0 Å². The van der Waals surface area contributed by atoms with E-state index in [0.717, 1.165) is 38.9 Å². The molecule has 202 valence electrons. The molecule has 1 N–H and O–H groups in total. The number of fused-ring (bicyclic) bond motifs is 8. The number of nitrogens with zero attached hydrogens (tertiary/aromatic N) is 3. The van der Waals surface area contributed by atoms with Gasteiger partial charge in [0.05, 0.1) is 36.8 Å². The number of piperidine rings is 1. The quantitative estimate of drug-likeness (QED) is 0.426. The zero-order chi connectivity index (χ0) is 26.5. The zero-order valence-electron chi connectivity index (χ0n) is 22.7. The monoisotopic (exact) mass is 524 g/mol. The number of rotatable bonds is 1. The van der Waals surface area contributed by atoms with E-state index < -0.39 is 0 Å². The van der Waals surface area contributed by atoms with Crippen LogP contribution in [-0.4, -0.2) is 59.4 Å². The van der Waals surface area contributed by atoms with Crippen LogP contribution in [0.5, 0.6) is 0 Å². The molecule has 3 aromatic rings. The van der Waals surface area contributed by atoms with Crippen molar-refractivity contribution in [1.82, 2.24) is 14.8 Å². The third-order valence-electron chi connectivity index (χ3n) is 9.34. The number of methoxy groups -OCH3 is 1. The smallest absolute Gasteiger partial charge is 0.337 e. The Balaban J connectivity index is 0.000000162. The average Bonchev–Trinajstić information content (AvgIpc) is 3.59. The second kappa shape index (κ2) is 9.87. The largest absolute Gasteiger partial charge is 0.497 e. The highest BCUT2D eigenvalue weighted by Crippen LogP contribution is 2.47. The van der Waals surface area contributed by atoms with Gasteiger partial charge >= 0.3 is 5.97 Å². The molecule has 0 spiro atoms. The first-order valence-corrected chi connectivity index (χ1v) is 14.3. The van der Waals surface area contributed by atoms with Gasteiger partial charge in [0.25, 0.3) is 0 Å². The number of carbonyl (C=O) groups excluding carboxylic acids is 1. The van der Waals surface area contributed by atoms with Gasteiger partial charge in [0, 0.05) is 61.0 Å². The van der Waals surface area contributed by atoms with Gasteiger partial charge in [-0.1, -0.05) is 36.4 Å². The fourth-order valence-electron chi connectivity index (χ4n) is 7.30. The Labute approximate surface area is 229 Å². The Morgan fingerprint density at radius 1 is 1.10 bits per heavy atom. The predicted molar refractivity (Wildman–Crippen MR) is 152 cm³/mol. The lowest BCUT2D eigenvalue weighted by molar-refractivity contribution is -0.139. The van der Waals surface area contributed by atoms with Gasteiger partial charge in [-0.25, -0.2) is 9.79 Å². The molecular formula is C32H36N4O3. The van der Waals surface area contributed by atoms with Gasteiger partial charge in [-0.2, -0.15) is 0 Å². The number of esters is 1. The lowest BCUT2D eigenvalue weighted by atomic mass is 9.72. The molecule has 8 rings (SSSR count). The topological polar surface area (TPSA) is 70.2 Å². The normalized spacial score (nSPS) is 26.9. The predicted octanol–water partition coefficient (Wildman–Crippen LogP) is 5.50. The average molecular weight is 525 g/mol. The van der Waals surface area contributed by atoms with Crippen molar-refractivity contribution in [2.75, 3.05) is 26.7 Å². The summed E-state index contributed by atoms with van der Waals surface area (Å²) in [6.07, 6.45) is 6.20. The summed E-state index contributed by atoms with van der Waals surface area (Å²) in [6, 6.07) is 17.3. The molecule has 0 unspecified atom stereocenters. The van der Waals surface area contributed by atoms with Crippen LogP contribution >= 0.6 is 0 Å². The Hall–Kier alpha value is -3.58. The van der Waals surface area contributed by atoms with E-state index in [2.05, 4.69) is 75.2 Å². The van der Waals surface area contributed by atoms with Crippen LogP contribution in [0, 0.1) is 11.8 Å². The number of hydrogen-bond donors (Lipinski definition) is 1. The lowest BCUT2D eigenvalue weighted by Gasteiger charge is -2.49. The van der Waals surface area contributed by atoms with Crippen LogP contribution in [0.1, 0.15) is 49.0 Å². The molecule has 0 bridgehead atoms. The van der Waals surface area contributed by atoms with Crippen molar-refractivity contribution >= 4 is 28.4 Å². The number of amidine groups is 1. The van der Waals surface area contributed by atoms with Crippen LogP contribution < -0.4 is 0 Å². The molecule has 2 saturated heterocycles. The van der Waals surface area contributed by atoms with Crippen molar-refractivity contribution in [3.05, 3.63) is 77.2 Å². The molecule has 39 heavy (non-hydrogen) atoms.